The van der Waals surface area contributed by atoms with Gasteiger partial charge in [-0.2, -0.15) is 0 Å². The number of ketones is 2. The quantitative estimate of drug-likeness (QED) is 0.813. The summed E-state index contributed by atoms with van der Waals surface area (Å²) < 4.78 is 0. The summed E-state index contributed by atoms with van der Waals surface area (Å²) in [6.45, 7) is 10.9. The number of Topliss-reactive ketones (excluding diaryl/α,β-unsaturated/α-hetero) is 2. The Bertz CT molecular complexity index is 132. The van der Waals surface area contributed by atoms with E-state index in [1.54, 1.807) is 0 Å². The van der Waals surface area contributed by atoms with Crippen molar-refractivity contribution >= 4 is 11.6 Å². The zero-order chi connectivity index (χ0) is 15.4. The summed E-state index contributed by atoms with van der Waals surface area (Å²) in [7, 11) is 0. The average molecular weight is 356 g/mol. The molecule has 0 rings (SSSR count). The molecule has 0 saturated heterocycles. The van der Waals surface area contributed by atoms with E-state index < -0.39 is 0 Å². The molecule has 0 bridgehead atoms. The third-order valence-corrected chi connectivity index (χ3v) is 1.02. The fourth-order valence-electron chi connectivity index (χ4n) is 0.316. The van der Waals surface area contributed by atoms with Crippen LogP contribution in [0.25, 0.3) is 0 Å². The van der Waals surface area contributed by atoms with Crippen LogP contribution >= 0.6 is 0 Å². The van der Waals surface area contributed by atoms with Crippen LogP contribution in [0.2, 0.25) is 0 Å². The molecule has 4 nitrogen and oxygen atoms in total. The fraction of sp³-hybridized carbons (Fsp3) is 0.857. The molecule has 0 spiro atoms. The first kappa shape index (κ1) is 31.5. The van der Waals surface area contributed by atoms with Crippen LogP contribution < -0.4 is 0 Å². The molecule has 19 heavy (non-hydrogen) atoms. The summed E-state index contributed by atoms with van der Waals surface area (Å²) in [5, 5.41) is 16.1. The Morgan fingerprint density at radius 2 is 0.895 bits per heavy atom. The monoisotopic (exact) mass is 354 g/mol. The molecule has 0 heterocycles. The Morgan fingerprint density at radius 1 is 0.737 bits per heavy atom. The second-order valence-corrected chi connectivity index (χ2v) is 3.97. The van der Waals surface area contributed by atoms with Crippen LogP contribution in [-0.4, -0.2) is 35.0 Å². The van der Waals surface area contributed by atoms with Crippen molar-refractivity contribution in [1.82, 2.24) is 0 Å². The fourth-order valence-corrected chi connectivity index (χ4v) is 0.316. The van der Waals surface area contributed by atoms with Gasteiger partial charge in [-0.3, -0.25) is 0 Å². The van der Waals surface area contributed by atoms with Gasteiger partial charge in [0.15, 0.2) is 0 Å². The predicted molar refractivity (Wildman–Crippen MR) is 76.7 cm³/mol. The molecular weight excluding hydrogens is 323 g/mol. The summed E-state index contributed by atoms with van der Waals surface area (Å²) in [6, 6.07) is 0. The van der Waals surface area contributed by atoms with Crippen molar-refractivity contribution in [3.05, 3.63) is 0 Å². The van der Waals surface area contributed by atoms with Gasteiger partial charge in [-0.15, -0.1) is 0 Å². The predicted octanol–water partition coefficient (Wildman–Crippen LogP) is 2.75. The smallest absolute Gasteiger partial charge is 0.126 e. The summed E-state index contributed by atoms with van der Waals surface area (Å²) in [6.07, 6.45) is 4.08. The molecule has 116 valence electrons. The van der Waals surface area contributed by atoms with Crippen LogP contribution in [0.4, 0.5) is 0 Å². The summed E-state index contributed by atoms with van der Waals surface area (Å²) in [5.41, 5.74) is 0. The molecule has 0 aliphatic rings. The van der Waals surface area contributed by atoms with E-state index in [0.29, 0.717) is 13.2 Å². The topological polar surface area (TPSA) is 74.6 Å². The van der Waals surface area contributed by atoms with Crippen LogP contribution in [0.3, 0.4) is 0 Å². The van der Waals surface area contributed by atoms with E-state index in [0.717, 1.165) is 25.7 Å². The standard InChI is InChI=1S/2C4H10O.2C3H6O.Zr/c2*1-2-3-4-5;2*1-3(2)4;/h2*5H,2-4H2,1H3;2*1-2H3;. The zero-order valence-corrected chi connectivity index (χ0v) is 15.9. The molecular formula is C14H32O4Zr. The Morgan fingerprint density at radius 3 is 0.895 bits per heavy atom. The first-order valence-electron chi connectivity index (χ1n) is 6.45. The molecule has 0 radical (unpaired) electrons. The van der Waals surface area contributed by atoms with Crippen molar-refractivity contribution in [2.45, 2.75) is 67.2 Å². The van der Waals surface area contributed by atoms with Crippen LogP contribution in [0.1, 0.15) is 67.2 Å². The molecule has 0 amide bonds. The van der Waals surface area contributed by atoms with Crippen LogP contribution in [0.15, 0.2) is 0 Å². The van der Waals surface area contributed by atoms with Gasteiger partial charge < -0.3 is 19.8 Å². The summed E-state index contributed by atoms with van der Waals surface area (Å²) in [4.78, 5) is 18.9. The second-order valence-electron chi connectivity index (χ2n) is 3.97. The van der Waals surface area contributed by atoms with Crippen LogP contribution in [0, 0.1) is 0 Å². The normalized spacial score (nSPS) is 7.16. The number of hydrogen-bond donors (Lipinski definition) is 2. The van der Waals surface area contributed by atoms with Crippen LogP contribution in [0.5, 0.6) is 0 Å². The van der Waals surface area contributed by atoms with Crippen molar-refractivity contribution in [3.63, 3.8) is 0 Å². The van der Waals surface area contributed by atoms with E-state index in [-0.39, 0.29) is 37.8 Å². The number of unbranched alkanes of at least 4 members (excludes halogenated alkanes) is 2. The molecule has 0 aromatic rings. The minimum Gasteiger partial charge on any atom is -0.396 e. The van der Waals surface area contributed by atoms with Gasteiger partial charge in [0.1, 0.15) is 11.6 Å². The maximum Gasteiger partial charge on any atom is 0.126 e. The number of carbonyl (C=O) groups excluding carboxylic acids is 2. The number of rotatable bonds is 4. The number of hydrogen-bond acceptors (Lipinski definition) is 4. The van der Waals surface area contributed by atoms with E-state index in [1.807, 2.05) is 0 Å². The van der Waals surface area contributed by atoms with Crippen molar-refractivity contribution in [3.8, 4) is 0 Å². The van der Waals surface area contributed by atoms with Crippen LogP contribution in [-0.2, 0) is 35.8 Å². The summed E-state index contributed by atoms with van der Waals surface area (Å²) in [5.74, 6) is 0.333. The van der Waals surface area contributed by atoms with Gasteiger partial charge in [0, 0.05) is 39.4 Å². The number of aliphatic hydroxyl groups is 2. The maximum atomic E-state index is 9.44. The van der Waals surface area contributed by atoms with E-state index in [9.17, 15) is 9.59 Å². The molecule has 0 aliphatic carbocycles. The Kier molecular flexibility index (Phi) is 60.0. The van der Waals surface area contributed by atoms with E-state index in [4.69, 9.17) is 10.2 Å². The van der Waals surface area contributed by atoms with Gasteiger partial charge in [0.05, 0.1) is 0 Å². The molecule has 0 aliphatic heterocycles. The third-order valence-electron chi connectivity index (χ3n) is 1.02. The SMILES string of the molecule is CC(C)=O.CC(C)=O.CCCCO.CCCCO.[Zr]. The van der Waals surface area contributed by atoms with Crippen molar-refractivity contribution in [2.24, 2.45) is 0 Å². The first-order valence-corrected chi connectivity index (χ1v) is 6.45. The molecule has 0 unspecified atom stereocenters. The Labute approximate surface area is 138 Å². The molecule has 0 aromatic heterocycles. The van der Waals surface area contributed by atoms with Gasteiger partial charge >= 0.3 is 0 Å². The van der Waals surface area contributed by atoms with Crippen molar-refractivity contribution < 1.29 is 46.0 Å². The largest absolute Gasteiger partial charge is 0.396 e. The van der Waals surface area contributed by atoms with E-state index >= 15 is 0 Å². The van der Waals surface area contributed by atoms with Gasteiger partial charge in [-0.05, 0) is 40.5 Å². The average Bonchev–Trinajstić information content (AvgIpc) is 2.19. The van der Waals surface area contributed by atoms with E-state index in [1.165, 1.54) is 27.7 Å². The molecule has 5 heteroatoms. The molecule has 0 fully saturated rings. The third kappa shape index (κ3) is 275. The summed E-state index contributed by atoms with van der Waals surface area (Å²) >= 11 is 0. The Hall–Kier alpha value is 0.143. The number of carbonyl (C=O) groups is 2. The zero-order valence-electron chi connectivity index (χ0n) is 13.5. The van der Waals surface area contributed by atoms with Gasteiger partial charge in [-0.25, -0.2) is 0 Å². The second kappa shape index (κ2) is 36.2. The molecule has 0 aromatic carbocycles. The van der Waals surface area contributed by atoms with Crippen molar-refractivity contribution in [2.75, 3.05) is 13.2 Å². The minimum atomic E-state index is 0. The van der Waals surface area contributed by atoms with Gasteiger partial charge in [0.2, 0.25) is 0 Å². The van der Waals surface area contributed by atoms with Gasteiger partial charge in [0.25, 0.3) is 0 Å². The first-order chi connectivity index (χ1) is 8.29. The minimum absolute atomic E-state index is 0. The molecule has 2 N–H and O–H groups in total. The number of aliphatic hydroxyl groups excluding tert-OH is 2. The molecule has 0 atom stereocenters. The maximum absolute atomic E-state index is 9.44. The van der Waals surface area contributed by atoms with E-state index in [2.05, 4.69) is 13.8 Å². The Balaban J connectivity index is -0.0000000453. The molecule has 0 saturated carbocycles. The van der Waals surface area contributed by atoms with Gasteiger partial charge in [-0.1, -0.05) is 26.7 Å². The van der Waals surface area contributed by atoms with Crippen molar-refractivity contribution in [1.29, 1.82) is 0 Å².